The van der Waals surface area contributed by atoms with Crippen molar-refractivity contribution in [3.05, 3.63) is 30.3 Å². The summed E-state index contributed by atoms with van der Waals surface area (Å²) < 4.78 is 5.68. The molecule has 5 N–H and O–H groups in total. The average Bonchev–Trinajstić information content (AvgIpc) is 2.99. The van der Waals surface area contributed by atoms with Crippen molar-refractivity contribution >= 4 is 5.97 Å². The topological polar surface area (TPSA) is 127 Å². The number of benzene rings is 1. The molecule has 30 heavy (non-hydrogen) atoms. The molecule has 1 aromatic carbocycles. The minimum atomic E-state index is -0.878. The predicted molar refractivity (Wildman–Crippen MR) is 112 cm³/mol. The van der Waals surface area contributed by atoms with Gasteiger partial charge in [0.2, 0.25) is 0 Å². The largest absolute Gasteiger partial charge is 0.485 e. The molecule has 1 saturated carbocycles. The van der Waals surface area contributed by atoms with Crippen LogP contribution in [0.15, 0.2) is 30.3 Å². The molecular formula is C23H36O7. The molecule has 7 heteroatoms. The van der Waals surface area contributed by atoms with Gasteiger partial charge in [-0.2, -0.15) is 0 Å². The highest BCUT2D eigenvalue weighted by atomic mass is 16.5. The standard InChI is InChI=1S/C23H36O7/c24-15-22(30-16-8-4-3-5-9-16)19(25)13-12-18-17(20(26)14-21(18)27)10-6-1-2-7-11-23(28)29/h3-5,8-9,17-22,24-27H,1-2,6-7,10-15H2,(H,28,29)/t17-,18-,19?,20+,21-,22?/m1/s1. The number of hydrogen-bond acceptors (Lipinski definition) is 6. The number of rotatable bonds is 14. The fraction of sp³-hybridized carbons (Fsp3) is 0.696. The van der Waals surface area contributed by atoms with E-state index < -0.39 is 30.4 Å². The van der Waals surface area contributed by atoms with Crippen LogP contribution in [0, 0.1) is 11.8 Å². The van der Waals surface area contributed by atoms with Gasteiger partial charge in [-0.05, 0) is 56.1 Å². The third-order valence-electron chi connectivity index (χ3n) is 6.14. The highest BCUT2D eigenvalue weighted by Crippen LogP contribution is 2.39. The highest BCUT2D eigenvalue weighted by molar-refractivity contribution is 5.66. The highest BCUT2D eigenvalue weighted by Gasteiger charge is 2.41. The van der Waals surface area contributed by atoms with Crippen molar-refractivity contribution in [3.8, 4) is 5.75 Å². The molecule has 1 fully saturated rings. The lowest BCUT2D eigenvalue weighted by Gasteiger charge is -2.27. The number of aliphatic hydroxyl groups excluding tert-OH is 4. The first-order chi connectivity index (χ1) is 14.4. The van der Waals surface area contributed by atoms with E-state index in [4.69, 9.17) is 9.84 Å². The van der Waals surface area contributed by atoms with Gasteiger partial charge in [0.1, 0.15) is 11.9 Å². The SMILES string of the molecule is O=C(O)CCCCCC[C@@H]1[C@@H](CCC(O)C(CO)Oc2ccccc2)[C@H](O)C[C@@H]1O. The van der Waals surface area contributed by atoms with Crippen LogP contribution in [-0.2, 0) is 4.79 Å². The maximum atomic E-state index is 10.6. The van der Waals surface area contributed by atoms with E-state index in [0.29, 0.717) is 31.4 Å². The van der Waals surface area contributed by atoms with Gasteiger partial charge in [-0.25, -0.2) is 0 Å². The van der Waals surface area contributed by atoms with Crippen molar-refractivity contribution in [2.24, 2.45) is 11.8 Å². The van der Waals surface area contributed by atoms with E-state index in [1.807, 2.05) is 18.2 Å². The van der Waals surface area contributed by atoms with Crippen LogP contribution < -0.4 is 4.74 Å². The van der Waals surface area contributed by atoms with Crippen molar-refractivity contribution in [2.75, 3.05) is 6.61 Å². The van der Waals surface area contributed by atoms with Crippen LogP contribution in [0.2, 0.25) is 0 Å². The number of carboxylic acid groups (broad SMARTS) is 1. The molecule has 2 unspecified atom stereocenters. The van der Waals surface area contributed by atoms with Crippen LogP contribution in [0.4, 0.5) is 0 Å². The second-order valence-corrected chi connectivity index (χ2v) is 8.34. The number of unbranched alkanes of at least 4 members (excludes halogenated alkanes) is 3. The summed E-state index contributed by atoms with van der Waals surface area (Å²) in [5.41, 5.74) is 0. The zero-order valence-corrected chi connectivity index (χ0v) is 17.5. The Kier molecular flexibility index (Phi) is 10.6. The van der Waals surface area contributed by atoms with Crippen molar-refractivity contribution in [1.29, 1.82) is 0 Å². The molecule has 1 aliphatic rings. The number of hydrogen-bond donors (Lipinski definition) is 5. The second-order valence-electron chi connectivity index (χ2n) is 8.34. The van der Waals surface area contributed by atoms with Crippen molar-refractivity contribution in [3.63, 3.8) is 0 Å². The van der Waals surface area contributed by atoms with Crippen molar-refractivity contribution in [1.82, 2.24) is 0 Å². The molecule has 0 heterocycles. The molecule has 0 saturated heterocycles. The zero-order chi connectivity index (χ0) is 21.9. The molecule has 0 bridgehead atoms. The molecule has 2 rings (SSSR count). The van der Waals surface area contributed by atoms with Crippen LogP contribution >= 0.6 is 0 Å². The molecule has 6 atom stereocenters. The molecule has 0 spiro atoms. The number of para-hydroxylation sites is 1. The van der Waals surface area contributed by atoms with Gasteiger partial charge >= 0.3 is 5.97 Å². The molecule has 0 amide bonds. The van der Waals surface area contributed by atoms with Gasteiger partial charge in [-0.1, -0.05) is 37.5 Å². The Hall–Kier alpha value is -1.67. The summed E-state index contributed by atoms with van der Waals surface area (Å²) in [6.07, 6.45) is 2.69. The summed E-state index contributed by atoms with van der Waals surface area (Å²) >= 11 is 0. The normalized spacial score (nSPS) is 25.7. The Bertz CT molecular complexity index is 609. The van der Waals surface area contributed by atoms with E-state index in [-0.39, 0.29) is 24.9 Å². The first kappa shape index (κ1) is 24.6. The number of carboxylic acids is 1. The minimum absolute atomic E-state index is 0.0331. The molecule has 170 valence electrons. The van der Waals surface area contributed by atoms with Crippen LogP contribution in [0.3, 0.4) is 0 Å². The minimum Gasteiger partial charge on any atom is -0.485 e. The van der Waals surface area contributed by atoms with E-state index in [1.54, 1.807) is 12.1 Å². The van der Waals surface area contributed by atoms with Gasteiger partial charge in [-0.3, -0.25) is 4.79 Å². The lowest BCUT2D eigenvalue weighted by atomic mass is 9.84. The van der Waals surface area contributed by atoms with E-state index in [2.05, 4.69) is 0 Å². The van der Waals surface area contributed by atoms with Crippen molar-refractivity contribution < 1.29 is 35.1 Å². The Balaban J connectivity index is 1.79. The molecule has 0 aliphatic heterocycles. The lowest BCUT2D eigenvalue weighted by molar-refractivity contribution is -0.137. The lowest BCUT2D eigenvalue weighted by Crippen LogP contribution is -2.36. The Morgan fingerprint density at radius 1 is 1.00 bits per heavy atom. The maximum absolute atomic E-state index is 10.6. The first-order valence-electron chi connectivity index (χ1n) is 11.0. The fourth-order valence-electron chi connectivity index (χ4n) is 4.45. The third kappa shape index (κ3) is 7.87. The maximum Gasteiger partial charge on any atom is 0.303 e. The van der Waals surface area contributed by atoms with Crippen LogP contribution in [0.25, 0.3) is 0 Å². The van der Waals surface area contributed by atoms with Gasteiger partial charge in [-0.15, -0.1) is 0 Å². The summed E-state index contributed by atoms with van der Waals surface area (Å²) in [7, 11) is 0. The summed E-state index contributed by atoms with van der Waals surface area (Å²) in [5, 5.41) is 49.5. The predicted octanol–water partition coefficient (Wildman–Crippen LogP) is 2.35. The summed E-state index contributed by atoms with van der Waals surface area (Å²) in [6, 6.07) is 9.02. The van der Waals surface area contributed by atoms with Crippen LogP contribution in [0.5, 0.6) is 5.75 Å². The van der Waals surface area contributed by atoms with Gasteiger partial charge < -0.3 is 30.3 Å². The summed E-state index contributed by atoms with van der Waals surface area (Å²) in [6.45, 7) is -0.314. The van der Waals surface area contributed by atoms with Crippen LogP contribution in [-0.4, -0.2) is 62.5 Å². The third-order valence-corrected chi connectivity index (χ3v) is 6.14. The number of aliphatic hydroxyl groups is 4. The Morgan fingerprint density at radius 3 is 2.27 bits per heavy atom. The van der Waals surface area contributed by atoms with E-state index >= 15 is 0 Å². The summed E-state index contributed by atoms with van der Waals surface area (Å²) in [4.78, 5) is 10.6. The molecule has 0 aromatic heterocycles. The number of ether oxygens (including phenoxy) is 1. The van der Waals surface area contributed by atoms with Gasteiger partial charge in [0.25, 0.3) is 0 Å². The number of aliphatic carboxylic acids is 1. The Morgan fingerprint density at radius 2 is 1.63 bits per heavy atom. The van der Waals surface area contributed by atoms with Gasteiger partial charge in [0.15, 0.2) is 0 Å². The second kappa shape index (κ2) is 12.9. The molecule has 1 aromatic rings. The quantitative estimate of drug-likeness (QED) is 0.290. The number of carbonyl (C=O) groups is 1. The van der Waals surface area contributed by atoms with Gasteiger partial charge in [0.05, 0.1) is 24.9 Å². The first-order valence-corrected chi connectivity index (χ1v) is 11.0. The fourth-order valence-corrected chi connectivity index (χ4v) is 4.45. The monoisotopic (exact) mass is 424 g/mol. The van der Waals surface area contributed by atoms with Gasteiger partial charge in [0, 0.05) is 6.42 Å². The van der Waals surface area contributed by atoms with Crippen molar-refractivity contribution in [2.45, 2.75) is 82.2 Å². The Labute approximate surface area is 178 Å². The molecule has 0 radical (unpaired) electrons. The smallest absolute Gasteiger partial charge is 0.303 e. The summed E-state index contributed by atoms with van der Waals surface area (Å²) in [5.74, 6) is -0.341. The van der Waals surface area contributed by atoms with E-state index in [0.717, 1.165) is 25.7 Å². The molecular weight excluding hydrogens is 388 g/mol. The molecule has 7 nitrogen and oxygen atoms in total. The van der Waals surface area contributed by atoms with E-state index in [9.17, 15) is 25.2 Å². The molecule has 1 aliphatic carbocycles. The van der Waals surface area contributed by atoms with Crippen LogP contribution in [0.1, 0.15) is 57.8 Å². The average molecular weight is 425 g/mol. The zero-order valence-electron chi connectivity index (χ0n) is 17.5. The van der Waals surface area contributed by atoms with E-state index in [1.165, 1.54) is 0 Å².